The average Bonchev–Trinajstić information content (AvgIpc) is 3.07. The Hall–Kier alpha value is -3.08. The van der Waals surface area contributed by atoms with Gasteiger partial charge in [0.1, 0.15) is 11.4 Å². The van der Waals surface area contributed by atoms with Gasteiger partial charge in [-0.25, -0.2) is 0 Å². The highest BCUT2D eigenvalue weighted by Gasteiger charge is 2.18. The molecule has 0 saturated heterocycles. The van der Waals surface area contributed by atoms with Gasteiger partial charge in [0.05, 0.1) is 19.2 Å². The van der Waals surface area contributed by atoms with Gasteiger partial charge in [-0.2, -0.15) is 5.10 Å². The van der Waals surface area contributed by atoms with E-state index in [9.17, 15) is 4.79 Å². The van der Waals surface area contributed by atoms with Crippen molar-refractivity contribution in [1.29, 1.82) is 0 Å². The van der Waals surface area contributed by atoms with Crippen LogP contribution in [0.4, 0.5) is 0 Å². The van der Waals surface area contributed by atoms with E-state index in [2.05, 4.69) is 10.4 Å². The Kier molecular flexibility index (Phi) is 5.14. The molecule has 0 aliphatic heterocycles. The molecule has 0 unspecified atom stereocenters. The Morgan fingerprint density at radius 1 is 1.16 bits per heavy atom. The summed E-state index contributed by atoms with van der Waals surface area (Å²) < 4.78 is 7.09. The lowest BCUT2D eigenvalue weighted by Crippen LogP contribution is -2.22. The molecule has 0 saturated carbocycles. The number of nitrogens with zero attached hydrogens (tertiary/aromatic N) is 2. The molecule has 1 N–H and O–H groups in total. The fourth-order valence-electron chi connectivity index (χ4n) is 2.68. The van der Waals surface area contributed by atoms with Crippen LogP contribution in [0.1, 0.15) is 22.8 Å². The molecule has 2 aromatic carbocycles. The van der Waals surface area contributed by atoms with Gasteiger partial charge in [0, 0.05) is 18.3 Å². The lowest BCUT2D eigenvalue weighted by Gasteiger charge is -2.05. The van der Waals surface area contributed by atoms with Gasteiger partial charge >= 0.3 is 0 Å². The van der Waals surface area contributed by atoms with Crippen LogP contribution in [0, 0.1) is 0 Å². The number of benzene rings is 2. The quantitative estimate of drug-likeness (QED) is 0.751. The second-order valence-electron chi connectivity index (χ2n) is 5.67. The molecule has 1 heterocycles. The van der Waals surface area contributed by atoms with E-state index >= 15 is 0 Å². The van der Waals surface area contributed by atoms with E-state index in [0.29, 0.717) is 24.3 Å². The molecule has 128 valence electrons. The first kappa shape index (κ1) is 16.8. The summed E-state index contributed by atoms with van der Waals surface area (Å²) in [6, 6.07) is 17.6. The van der Waals surface area contributed by atoms with Gasteiger partial charge in [-0.1, -0.05) is 42.5 Å². The van der Waals surface area contributed by atoms with Gasteiger partial charge in [0.2, 0.25) is 0 Å². The topological polar surface area (TPSA) is 56.2 Å². The van der Waals surface area contributed by atoms with Crippen molar-refractivity contribution in [3.05, 3.63) is 71.9 Å². The Morgan fingerprint density at radius 2 is 1.96 bits per heavy atom. The zero-order valence-electron chi connectivity index (χ0n) is 14.4. The number of carbonyl (C=O) groups is 1. The molecule has 0 spiro atoms. The van der Waals surface area contributed by atoms with Crippen LogP contribution >= 0.6 is 0 Å². The zero-order chi connectivity index (χ0) is 17.6. The molecule has 3 aromatic rings. The summed E-state index contributed by atoms with van der Waals surface area (Å²) in [5.74, 6) is 0.608. The van der Waals surface area contributed by atoms with Crippen molar-refractivity contribution in [2.45, 2.75) is 13.5 Å². The molecule has 0 bridgehead atoms. The van der Waals surface area contributed by atoms with Crippen LogP contribution in [0.25, 0.3) is 11.3 Å². The van der Waals surface area contributed by atoms with Gasteiger partial charge in [-0.05, 0) is 24.6 Å². The number of hydrogen-bond acceptors (Lipinski definition) is 3. The van der Waals surface area contributed by atoms with Gasteiger partial charge in [0.25, 0.3) is 5.91 Å². The van der Waals surface area contributed by atoms with Crippen molar-refractivity contribution < 1.29 is 9.53 Å². The van der Waals surface area contributed by atoms with Crippen molar-refractivity contribution in [2.75, 3.05) is 13.7 Å². The van der Waals surface area contributed by atoms with Crippen molar-refractivity contribution in [3.63, 3.8) is 0 Å². The Balaban J connectivity index is 2.01. The second-order valence-corrected chi connectivity index (χ2v) is 5.67. The predicted octanol–water partition coefficient (Wildman–Crippen LogP) is 3.36. The maximum Gasteiger partial charge on any atom is 0.255 e. The summed E-state index contributed by atoms with van der Waals surface area (Å²) in [6.45, 7) is 3.08. The van der Waals surface area contributed by atoms with Gasteiger partial charge < -0.3 is 10.1 Å². The summed E-state index contributed by atoms with van der Waals surface area (Å²) in [5, 5.41) is 7.51. The van der Waals surface area contributed by atoms with E-state index in [4.69, 9.17) is 4.74 Å². The molecule has 25 heavy (non-hydrogen) atoms. The number of rotatable bonds is 6. The molecule has 3 rings (SSSR count). The first-order valence-corrected chi connectivity index (χ1v) is 8.25. The molecule has 0 aliphatic carbocycles. The highest BCUT2D eigenvalue weighted by molar-refractivity contribution is 5.99. The van der Waals surface area contributed by atoms with E-state index in [1.165, 1.54) is 0 Å². The van der Waals surface area contributed by atoms with Crippen molar-refractivity contribution in [1.82, 2.24) is 15.1 Å². The fraction of sp³-hybridized carbons (Fsp3) is 0.200. The third-order valence-corrected chi connectivity index (χ3v) is 3.87. The molecule has 1 aromatic heterocycles. The minimum atomic E-state index is -0.125. The van der Waals surface area contributed by atoms with Crippen molar-refractivity contribution >= 4 is 5.91 Å². The van der Waals surface area contributed by atoms with Crippen molar-refractivity contribution in [3.8, 4) is 17.0 Å². The summed E-state index contributed by atoms with van der Waals surface area (Å²) >= 11 is 0. The second kappa shape index (κ2) is 7.66. The maximum absolute atomic E-state index is 12.5. The molecule has 1 amide bonds. The van der Waals surface area contributed by atoms with E-state index in [1.54, 1.807) is 18.0 Å². The van der Waals surface area contributed by atoms with Gasteiger partial charge in [-0.15, -0.1) is 0 Å². The number of methoxy groups -OCH3 is 1. The molecular weight excluding hydrogens is 314 g/mol. The van der Waals surface area contributed by atoms with Crippen LogP contribution in [-0.2, 0) is 6.54 Å². The van der Waals surface area contributed by atoms with Crippen LogP contribution < -0.4 is 10.1 Å². The number of aromatic nitrogens is 2. The van der Waals surface area contributed by atoms with Gasteiger partial charge in [0.15, 0.2) is 0 Å². The monoisotopic (exact) mass is 335 g/mol. The summed E-state index contributed by atoms with van der Waals surface area (Å²) in [7, 11) is 1.62. The number of nitrogens with one attached hydrogen (secondary N) is 1. The third kappa shape index (κ3) is 3.88. The van der Waals surface area contributed by atoms with Crippen LogP contribution in [0.2, 0.25) is 0 Å². The average molecular weight is 335 g/mol. The summed E-state index contributed by atoms with van der Waals surface area (Å²) in [5.41, 5.74) is 3.20. The maximum atomic E-state index is 12.5. The molecule has 0 aliphatic rings. The number of amides is 1. The minimum Gasteiger partial charge on any atom is -0.497 e. The number of ether oxygens (including phenoxy) is 1. The summed E-state index contributed by atoms with van der Waals surface area (Å²) in [4.78, 5) is 12.5. The third-order valence-electron chi connectivity index (χ3n) is 3.87. The highest BCUT2D eigenvalue weighted by Crippen LogP contribution is 2.26. The highest BCUT2D eigenvalue weighted by atomic mass is 16.5. The lowest BCUT2D eigenvalue weighted by atomic mass is 10.1. The van der Waals surface area contributed by atoms with Crippen LogP contribution in [0.5, 0.6) is 5.75 Å². The Bertz CT molecular complexity index is 856. The fourth-order valence-corrected chi connectivity index (χ4v) is 2.68. The first-order valence-electron chi connectivity index (χ1n) is 8.25. The SMILES string of the molecule is CCNC(=O)c1cn(Cc2ccccc2)nc1-c1cccc(OC)c1. The van der Waals surface area contributed by atoms with Gasteiger partial charge in [-0.3, -0.25) is 9.48 Å². The Labute approximate surface area is 147 Å². The number of hydrogen-bond donors (Lipinski definition) is 1. The standard InChI is InChI=1S/C20H21N3O2/c1-3-21-20(24)18-14-23(13-15-8-5-4-6-9-15)22-19(18)16-10-7-11-17(12-16)25-2/h4-12,14H,3,13H2,1-2H3,(H,21,24). The molecule has 0 fully saturated rings. The largest absolute Gasteiger partial charge is 0.497 e. The molecule has 5 heteroatoms. The number of carbonyl (C=O) groups excluding carboxylic acids is 1. The Morgan fingerprint density at radius 3 is 2.68 bits per heavy atom. The first-order chi connectivity index (χ1) is 12.2. The summed E-state index contributed by atoms with van der Waals surface area (Å²) in [6.07, 6.45) is 1.80. The minimum absolute atomic E-state index is 0.125. The normalized spacial score (nSPS) is 10.5. The van der Waals surface area contributed by atoms with Crippen LogP contribution in [0.3, 0.4) is 0 Å². The molecule has 0 radical (unpaired) electrons. The van der Waals surface area contributed by atoms with Crippen LogP contribution in [-0.4, -0.2) is 29.3 Å². The molecule has 5 nitrogen and oxygen atoms in total. The van der Waals surface area contributed by atoms with E-state index in [1.807, 2.05) is 61.5 Å². The van der Waals surface area contributed by atoms with E-state index in [0.717, 1.165) is 16.9 Å². The van der Waals surface area contributed by atoms with E-state index in [-0.39, 0.29) is 5.91 Å². The van der Waals surface area contributed by atoms with Crippen LogP contribution in [0.15, 0.2) is 60.8 Å². The van der Waals surface area contributed by atoms with Crippen molar-refractivity contribution in [2.24, 2.45) is 0 Å². The predicted molar refractivity (Wildman–Crippen MR) is 97.8 cm³/mol. The molecule has 0 atom stereocenters. The zero-order valence-corrected chi connectivity index (χ0v) is 14.4. The lowest BCUT2D eigenvalue weighted by molar-refractivity contribution is 0.0956. The molecular formula is C20H21N3O2. The smallest absolute Gasteiger partial charge is 0.255 e. The van der Waals surface area contributed by atoms with E-state index < -0.39 is 0 Å².